The van der Waals surface area contributed by atoms with E-state index in [-0.39, 0.29) is 18.2 Å². The van der Waals surface area contributed by atoms with Gasteiger partial charge >= 0.3 is 0 Å². The Kier molecular flexibility index (Phi) is 7.92. The third-order valence-electron chi connectivity index (χ3n) is 4.63. The molecule has 164 valence electrons. The first kappa shape index (κ1) is 23.1. The number of carbonyl (C=O) groups excluding carboxylic acids is 2. The molecule has 1 aliphatic heterocycles. The van der Waals surface area contributed by atoms with E-state index in [1.165, 1.54) is 11.8 Å². The molecule has 1 heterocycles. The Morgan fingerprint density at radius 3 is 2.48 bits per heavy atom. The van der Waals surface area contributed by atoms with E-state index in [0.29, 0.717) is 40.6 Å². The molecule has 1 fully saturated rings. The Labute approximate surface area is 192 Å². The first-order valence-corrected chi connectivity index (χ1v) is 11.3. The van der Waals surface area contributed by atoms with E-state index in [2.05, 4.69) is 5.32 Å². The van der Waals surface area contributed by atoms with Crippen LogP contribution in [-0.4, -0.2) is 39.9 Å². The van der Waals surface area contributed by atoms with E-state index < -0.39 is 5.25 Å². The van der Waals surface area contributed by atoms with Crippen LogP contribution in [0.4, 0.5) is 0 Å². The monoisotopic (exact) mass is 458 g/mol. The van der Waals surface area contributed by atoms with Gasteiger partial charge in [0.15, 0.2) is 11.5 Å². The van der Waals surface area contributed by atoms with Crippen molar-refractivity contribution < 1.29 is 19.1 Å². The largest absolute Gasteiger partial charge is 0.493 e. The number of benzene rings is 2. The lowest BCUT2D eigenvalue weighted by molar-refractivity contribution is -0.129. The van der Waals surface area contributed by atoms with Gasteiger partial charge in [-0.05, 0) is 35.7 Å². The second-order valence-electron chi connectivity index (χ2n) is 7.59. The summed E-state index contributed by atoms with van der Waals surface area (Å²) in [4.78, 5) is 26.5. The fourth-order valence-electron chi connectivity index (χ4n) is 3.10. The Morgan fingerprint density at radius 2 is 1.84 bits per heavy atom. The minimum atomic E-state index is -0.442. The molecule has 0 aliphatic carbocycles. The van der Waals surface area contributed by atoms with Crippen LogP contribution in [-0.2, 0) is 16.1 Å². The summed E-state index contributed by atoms with van der Waals surface area (Å²) in [5, 5.41) is 2.44. The van der Waals surface area contributed by atoms with Gasteiger partial charge in [0.2, 0.25) is 11.8 Å². The highest BCUT2D eigenvalue weighted by molar-refractivity contribution is 8.24. The van der Waals surface area contributed by atoms with Gasteiger partial charge in [0, 0.05) is 19.5 Å². The van der Waals surface area contributed by atoms with E-state index in [9.17, 15) is 9.59 Å². The summed E-state index contributed by atoms with van der Waals surface area (Å²) < 4.78 is 11.7. The van der Waals surface area contributed by atoms with E-state index in [0.717, 1.165) is 5.56 Å². The topological polar surface area (TPSA) is 67.9 Å². The Balaban J connectivity index is 1.49. The molecule has 0 bridgehead atoms. The first-order chi connectivity index (χ1) is 14.9. The Hall–Kier alpha value is -2.58. The van der Waals surface area contributed by atoms with E-state index in [4.69, 9.17) is 21.7 Å². The number of amides is 2. The molecule has 3 rings (SSSR count). The van der Waals surface area contributed by atoms with Crippen LogP contribution in [0.25, 0.3) is 0 Å². The van der Waals surface area contributed by atoms with Crippen molar-refractivity contribution in [2.24, 2.45) is 5.92 Å². The minimum Gasteiger partial charge on any atom is -0.493 e. The average molecular weight is 459 g/mol. The number of nitrogens with zero attached hydrogens (tertiary/aromatic N) is 1. The average Bonchev–Trinajstić information content (AvgIpc) is 3.00. The molecule has 0 aromatic heterocycles. The van der Waals surface area contributed by atoms with Crippen LogP contribution in [0.5, 0.6) is 17.2 Å². The molecular weight excluding hydrogens is 432 g/mol. The van der Waals surface area contributed by atoms with Gasteiger partial charge in [-0.15, -0.1) is 0 Å². The van der Waals surface area contributed by atoms with Crippen molar-refractivity contribution in [2.75, 3.05) is 13.7 Å². The third kappa shape index (κ3) is 6.21. The first-order valence-electron chi connectivity index (χ1n) is 10.1. The van der Waals surface area contributed by atoms with Crippen LogP contribution >= 0.6 is 24.0 Å². The maximum atomic E-state index is 12.5. The number of carbonyl (C=O) groups is 2. The second kappa shape index (κ2) is 10.6. The van der Waals surface area contributed by atoms with E-state index in [1.807, 2.05) is 62.4 Å². The number of hydrogen-bond acceptors (Lipinski definition) is 6. The van der Waals surface area contributed by atoms with Crippen LogP contribution in [0.15, 0.2) is 48.5 Å². The number of thioether (sulfide) groups is 1. The lowest BCUT2D eigenvalue weighted by Crippen LogP contribution is -2.36. The normalized spacial score (nSPS) is 16.0. The molecule has 8 heteroatoms. The van der Waals surface area contributed by atoms with Crippen LogP contribution < -0.4 is 14.8 Å². The summed E-state index contributed by atoms with van der Waals surface area (Å²) >= 11 is 6.60. The van der Waals surface area contributed by atoms with E-state index >= 15 is 0 Å². The van der Waals surface area contributed by atoms with Crippen molar-refractivity contribution in [2.45, 2.75) is 32.1 Å². The standard InChI is InChI=1S/C23H26N2O4S2/c1-15(2)14-25-22(27)20(31-23(25)30)12-21(26)24-13-16-8-10-17(11-9-16)29-19-7-5-4-6-18(19)28-3/h4-11,15,20H,12-14H2,1-3H3,(H,24,26). The summed E-state index contributed by atoms with van der Waals surface area (Å²) in [5.41, 5.74) is 0.933. The number of rotatable bonds is 9. The van der Waals surface area contributed by atoms with Crippen LogP contribution in [0.1, 0.15) is 25.8 Å². The quantitative estimate of drug-likeness (QED) is 0.563. The Morgan fingerprint density at radius 1 is 1.16 bits per heavy atom. The Bertz CT molecular complexity index is 947. The lowest BCUT2D eigenvalue weighted by atomic mass is 10.2. The molecule has 1 saturated heterocycles. The molecule has 1 unspecified atom stereocenters. The van der Waals surface area contributed by atoms with Crippen LogP contribution in [0.2, 0.25) is 0 Å². The van der Waals surface area contributed by atoms with E-state index in [1.54, 1.807) is 12.0 Å². The van der Waals surface area contributed by atoms with Crippen molar-refractivity contribution in [3.8, 4) is 17.2 Å². The molecule has 31 heavy (non-hydrogen) atoms. The zero-order valence-electron chi connectivity index (χ0n) is 17.8. The van der Waals surface area contributed by atoms with Gasteiger partial charge in [-0.1, -0.05) is 62.1 Å². The summed E-state index contributed by atoms with van der Waals surface area (Å²) in [6, 6.07) is 14.9. The summed E-state index contributed by atoms with van der Waals surface area (Å²) in [7, 11) is 1.60. The highest BCUT2D eigenvalue weighted by atomic mass is 32.2. The van der Waals surface area contributed by atoms with Gasteiger partial charge in [0.25, 0.3) is 0 Å². The number of hydrogen-bond donors (Lipinski definition) is 1. The molecule has 0 saturated carbocycles. The number of para-hydroxylation sites is 2. The highest BCUT2D eigenvalue weighted by Crippen LogP contribution is 2.31. The van der Waals surface area contributed by atoms with Gasteiger partial charge in [-0.25, -0.2) is 0 Å². The molecule has 2 amide bonds. The van der Waals surface area contributed by atoms with Crippen molar-refractivity contribution >= 4 is 40.1 Å². The lowest BCUT2D eigenvalue weighted by Gasteiger charge is -2.17. The maximum Gasteiger partial charge on any atom is 0.242 e. The molecule has 1 aliphatic rings. The smallest absolute Gasteiger partial charge is 0.242 e. The van der Waals surface area contributed by atoms with Crippen molar-refractivity contribution in [1.82, 2.24) is 10.2 Å². The zero-order chi connectivity index (χ0) is 22.4. The number of methoxy groups -OCH3 is 1. The second-order valence-corrected chi connectivity index (χ2v) is 9.43. The van der Waals surface area contributed by atoms with Gasteiger partial charge in [-0.3, -0.25) is 14.5 Å². The fraction of sp³-hybridized carbons (Fsp3) is 0.348. The van der Waals surface area contributed by atoms with Crippen molar-refractivity contribution in [3.63, 3.8) is 0 Å². The summed E-state index contributed by atoms with van der Waals surface area (Å²) in [6.07, 6.45) is 0.118. The molecule has 0 spiro atoms. The van der Waals surface area contributed by atoms with Crippen LogP contribution in [0, 0.1) is 5.92 Å². The van der Waals surface area contributed by atoms with Crippen LogP contribution in [0.3, 0.4) is 0 Å². The predicted molar refractivity (Wildman–Crippen MR) is 127 cm³/mol. The minimum absolute atomic E-state index is 0.0725. The third-order valence-corrected chi connectivity index (χ3v) is 6.22. The summed E-state index contributed by atoms with van der Waals surface area (Å²) in [5.74, 6) is 2.04. The van der Waals surface area contributed by atoms with Gasteiger partial charge in [0.1, 0.15) is 10.1 Å². The number of thiocarbonyl (C=S) groups is 1. The van der Waals surface area contributed by atoms with Crippen molar-refractivity contribution in [3.05, 3.63) is 54.1 Å². The molecule has 1 atom stereocenters. The number of nitrogens with one attached hydrogen (secondary N) is 1. The molecule has 2 aromatic rings. The molecule has 0 radical (unpaired) electrons. The maximum absolute atomic E-state index is 12.5. The highest BCUT2D eigenvalue weighted by Gasteiger charge is 2.38. The van der Waals surface area contributed by atoms with Crippen molar-refractivity contribution in [1.29, 1.82) is 0 Å². The predicted octanol–water partition coefficient (Wildman–Crippen LogP) is 4.38. The van der Waals surface area contributed by atoms with Gasteiger partial charge < -0.3 is 14.8 Å². The molecule has 6 nitrogen and oxygen atoms in total. The SMILES string of the molecule is COc1ccccc1Oc1ccc(CNC(=O)CC2SC(=S)N(CC(C)C)C2=O)cc1. The molecular formula is C23H26N2O4S2. The fourth-order valence-corrected chi connectivity index (χ4v) is 4.62. The zero-order valence-corrected chi connectivity index (χ0v) is 19.4. The number of ether oxygens (including phenoxy) is 2. The molecule has 1 N–H and O–H groups in total. The van der Waals surface area contributed by atoms with Gasteiger partial charge in [-0.2, -0.15) is 0 Å². The summed E-state index contributed by atoms with van der Waals surface area (Å²) in [6.45, 7) is 5.03. The molecule has 2 aromatic carbocycles. The van der Waals surface area contributed by atoms with Gasteiger partial charge in [0.05, 0.1) is 12.4 Å².